The number of amides is 3. The molecule has 1 saturated heterocycles. The number of methoxy groups -OCH3 is 1. The van der Waals surface area contributed by atoms with Crippen molar-refractivity contribution in [2.75, 3.05) is 25.1 Å². The number of nitrogens with one attached hydrogen (secondary N) is 1. The Morgan fingerprint density at radius 3 is 2.78 bits per heavy atom. The van der Waals surface area contributed by atoms with E-state index in [0.717, 1.165) is 12.1 Å². The molecule has 4 rings (SSSR count). The molecule has 2 aromatic rings. The van der Waals surface area contributed by atoms with Crippen LogP contribution in [0.1, 0.15) is 17.5 Å². The lowest BCUT2D eigenvalue weighted by Crippen LogP contribution is -2.47. The topological polar surface area (TPSA) is 61.9 Å². The van der Waals surface area contributed by atoms with Crippen LogP contribution < -0.4 is 15.0 Å². The smallest absolute Gasteiger partial charge is 0.318 e. The molecule has 1 unspecified atom stereocenters. The van der Waals surface area contributed by atoms with Crippen LogP contribution in [-0.2, 0) is 17.8 Å². The van der Waals surface area contributed by atoms with Crippen molar-refractivity contribution in [3.8, 4) is 5.75 Å². The molecule has 6 heteroatoms. The summed E-state index contributed by atoms with van der Waals surface area (Å²) in [5, 5.41) is 3.03. The molecule has 1 N–H and O–H groups in total. The first-order valence-electron chi connectivity index (χ1n) is 9.20. The summed E-state index contributed by atoms with van der Waals surface area (Å²) in [6, 6.07) is 15.4. The predicted molar refractivity (Wildman–Crippen MR) is 103 cm³/mol. The first-order valence-corrected chi connectivity index (χ1v) is 9.20. The maximum absolute atomic E-state index is 12.7. The summed E-state index contributed by atoms with van der Waals surface area (Å²) >= 11 is 0. The van der Waals surface area contributed by atoms with Crippen molar-refractivity contribution < 1.29 is 14.3 Å². The maximum Gasteiger partial charge on any atom is 0.318 e. The van der Waals surface area contributed by atoms with Crippen LogP contribution in [0.5, 0.6) is 5.75 Å². The van der Waals surface area contributed by atoms with Gasteiger partial charge in [0, 0.05) is 37.8 Å². The monoisotopic (exact) mass is 365 g/mol. The minimum absolute atomic E-state index is 0.0116. The van der Waals surface area contributed by atoms with Gasteiger partial charge in [-0.2, -0.15) is 0 Å². The van der Waals surface area contributed by atoms with E-state index in [4.69, 9.17) is 4.74 Å². The fraction of sp³-hybridized carbons (Fsp3) is 0.333. The van der Waals surface area contributed by atoms with Gasteiger partial charge in [0.25, 0.3) is 0 Å². The van der Waals surface area contributed by atoms with Crippen LogP contribution in [0.4, 0.5) is 10.5 Å². The molecule has 2 heterocycles. The molecular formula is C21H23N3O3. The number of nitrogens with zero attached hydrogens (tertiary/aromatic N) is 2. The molecule has 0 spiro atoms. The van der Waals surface area contributed by atoms with Crippen LogP contribution >= 0.6 is 0 Å². The van der Waals surface area contributed by atoms with Crippen molar-refractivity contribution in [1.29, 1.82) is 0 Å². The summed E-state index contributed by atoms with van der Waals surface area (Å²) in [7, 11) is 1.60. The standard InChI is InChI=1S/C21H23N3O3/c1-27-19-8-4-7-18(12-19)24-14-17(11-20(24)25)22-21(26)23-10-9-15-5-2-3-6-16(15)13-23/h2-8,12,17H,9-11,13-14H2,1H3,(H,22,26). The van der Waals surface area contributed by atoms with Gasteiger partial charge in [0.1, 0.15) is 5.75 Å². The molecule has 27 heavy (non-hydrogen) atoms. The number of ether oxygens (including phenoxy) is 1. The Bertz CT molecular complexity index is 867. The van der Waals surface area contributed by atoms with Gasteiger partial charge >= 0.3 is 6.03 Å². The van der Waals surface area contributed by atoms with E-state index < -0.39 is 0 Å². The van der Waals surface area contributed by atoms with Gasteiger partial charge in [-0.25, -0.2) is 4.79 Å². The summed E-state index contributed by atoms with van der Waals surface area (Å²) < 4.78 is 5.23. The summed E-state index contributed by atoms with van der Waals surface area (Å²) in [6.45, 7) is 1.79. The number of urea groups is 1. The average Bonchev–Trinajstić information content (AvgIpc) is 3.07. The molecule has 2 aliphatic heterocycles. The molecule has 0 radical (unpaired) electrons. The van der Waals surface area contributed by atoms with Crippen molar-refractivity contribution in [3.63, 3.8) is 0 Å². The second-order valence-electron chi connectivity index (χ2n) is 7.00. The third kappa shape index (κ3) is 3.60. The number of rotatable bonds is 3. The number of fused-ring (bicyclic) bond motifs is 1. The highest BCUT2D eigenvalue weighted by Crippen LogP contribution is 2.26. The van der Waals surface area contributed by atoms with Crippen LogP contribution in [0.25, 0.3) is 0 Å². The second kappa shape index (κ2) is 7.31. The van der Waals surface area contributed by atoms with Gasteiger partial charge < -0.3 is 19.9 Å². The molecular weight excluding hydrogens is 342 g/mol. The van der Waals surface area contributed by atoms with Crippen molar-refractivity contribution >= 4 is 17.6 Å². The lowest BCUT2D eigenvalue weighted by Gasteiger charge is -2.30. The number of benzene rings is 2. The minimum Gasteiger partial charge on any atom is -0.497 e. The Morgan fingerprint density at radius 1 is 1.15 bits per heavy atom. The fourth-order valence-electron chi connectivity index (χ4n) is 3.77. The molecule has 2 aliphatic rings. The van der Waals surface area contributed by atoms with Gasteiger partial charge in [-0.15, -0.1) is 0 Å². The van der Waals surface area contributed by atoms with E-state index in [0.29, 0.717) is 31.8 Å². The average molecular weight is 365 g/mol. The highest BCUT2D eigenvalue weighted by Gasteiger charge is 2.33. The van der Waals surface area contributed by atoms with Gasteiger partial charge in [-0.3, -0.25) is 4.79 Å². The highest BCUT2D eigenvalue weighted by molar-refractivity contribution is 5.97. The number of hydrogen-bond acceptors (Lipinski definition) is 3. The third-order valence-corrected chi connectivity index (χ3v) is 5.24. The van der Waals surface area contributed by atoms with Gasteiger partial charge in [0.05, 0.1) is 13.2 Å². The van der Waals surface area contributed by atoms with Gasteiger partial charge in [-0.05, 0) is 29.7 Å². The Kier molecular flexibility index (Phi) is 4.71. The summed E-state index contributed by atoms with van der Waals surface area (Å²) in [5.74, 6) is 0.720. The first kappa shape index (κ1) is 17.4. The van der Waals surface area contributed by atoms with E-state index in [1.165, 1.54) is 11.1 Å². The zero-order valence-corrected chi connectivity index (χ0v) is 15.4. The van der Waals surface area contributed by atoms with Crippen molar-refractivity contribution in [3.05, 3.63) is 59.7 Å². The molecule has 1 fully saturated rings. The van der Waals surface area contributed by atoms with Gasteiger partial charge in [-0.1, -0.05) is 30.3 Å². The van der Waals surface area contributed by atoms with Gasteiger partial charge in [0.15, 0.2) is 0 Å². The van der Waals surface area contributed by atoms with Crippen LogP contribution in [0.3, 0.4) is 0 Å². The van der Waals surface area contributed by atoms with Crippen molar-refractivity contribution in [1.82, 2.24) is 10.2 Å². The summed E-state index contributed by atoms with van der Waals surface area (Å²) in [6.07, 6.45) is 1.18. The van der Waals surface area contributed by atoms with Crippen LogP contribution in [-0.4, -0.2) is 43.1 Å². The van der Waals surface area contributed by atoms with E-state index in [2.05, 4.69) is 17.4 Å². The Balaban J connectivity index is 1.39. The van der Waals surface area contributed by atoms with Crippen LogP contribution in [0.15, 0.2) is 48.5 Å². The molecule has 1 atom stereocenters. The van der Waals surface area contributed by atoms with E-state index in [1.54, 1.807) is 12.0 Å². The van der Waals surface area contributed by atoms with Crippen molar-refractivity contribution in [2.24, 2.45) is 0 Å². The van der Waals surface area contributed by atoms with E-state index >= 15 is 0 Å². The zero-order valence-electron chi connectivity index (χ0n) is 15.4. The third-order valence-electron chi connectivity index (χ3n) is 5.24. The molecule has 0 bridgehead atoms. The Hall–Kier alpha value is -3.02. The molecule has 140 valence electrons. The molecule has 2 aromatic carbocycles. The predicted octanol–water partition coefficient (Wildman–Crippen LogP) is 2.57. The summed E-state index contributed by atoms with van der Waals surface area (Å²) in [5.41, 5.74) is 3.30. The van der Waals surface area contributed by atoms with Crippen molar-refractivity contribution in [2.45, 2.75) is 25.4 Å². The molecule has 3 amide bonds. The van der Waals surface area contributed by atoms with Crippen LogP contribution in [0, 0.1) is 0 Å². The lowest BCUT2D eigenvalue weighted by molar-refractivity contribution is -0.117. The van der Waals surface area contributed by atoms with E-state index in [9.17, 15) is 9.59 Å². The Labute approximate surface area is 158 Å². The first-order chi connectivity index (χ1) is 13.1. The van der Waals surface area contributed by atoms with E-state index in [-0.39, 0.29) is 18.0 Å². The molecule has 0 aliphatic carbocycles. The van der Waals surface area contributed by atoms with Gasteiger partial charge in [0.2, 0.25) is 5.91 Å². The lowest BCUT2D eigenvalue weighted by atomic mass is 10.0. The molecule has 0 aromatic heterocycles. The van der Waals surface area contributed by atoms with Crippen LogP contribution in [0.2, 0.25) is 0 Å². The number of carbonyl (C=O) groups excluding carboxylic acids is 2. The molecule has 0 saturated carbocycles. The number of anilines is 1. The fourth-order valence-corrected chi connectivity index (χ4v) is 3.77. The zero-order chi connectivity index (χ0) is 18.8. The summed E-state index contributed by atoms with van der Waals surface area (Å²) in [4.78, 5) is 28.6. The largest absolute Gasteiger partial charge is 0.497 e. The highest BCUT2D eigenvalue weighted by atomic mass is 16.5. The second-order valence-corrected chi connectivity index (χ2v) is 7.00. The number of carbonyl (C=O) groups is 2. The molecule has 6 nitrogen and oxygen atoms in total. The van der Waals surface area contributed by atoms with E-state index in [1.807, 2.05) is 41.3 Å². The number of hydrogen-bond donors (Lipinski definition) is 1. The maximum atomic E-state index is 12.7. The quantitative estimate of drug-likeness (QED) is 0.909. The minimum atomic E-state index is -0.187. The SMILES string of the molecule is COc1cccc(N2CC(NC(=O)N3CCc4ccccc4C3)CC2=O)c1. The normalized spacial score (nSPS) is 19.0. The Morgan fingerprint density at radius 2 is 1.96 bits per heavy atom.